The lowest BCUT2D eigenvalue weighted by molar-refractivity contribution is 0.521. The van der Waals surface area contributed by atoms with Crippen molar-refractivity contribution in [3.63, 3.8) is 0 Å². The third kappa shape index (κ3) is 3.36. The molecule has 5 nitrogen and oxygen atoms in total. The van der Waals surface area contributed by atoms with Crippen LogP contribution in [0.15, 0.2) is 35.4 Å². The molecular weight excluding hydrogens is 252 g/mol. The number of aromatic nitrogens is 3. The molecule has 0 saturated heterocycles. The van der Waals surface area contributed by atoms with Crippen LogP contribution in [0, 0.1) is 0 Å². The summed E-state index contributed by atoms with van der Waals surface area (Å²) in [6, 6.07) is 5.16. The number of nitrogens with zero attached hydrogens (tertiary/aromatic N) is 2. The molecule has 108 valence electrons. The molecule has 2 heterocycles. The van der Waals surface area contributed by atoms with E-state index < -0.39 is 0 Å². The minimum atomic E-state index is -0.0839. The van der Waals surface area contributed by atoms with Gasteiger partial charge in [0.25, 0.3) is 0 Å². The van der Waals surface area contributed by atoms with E-state index in [4.69, 9.17) is 0 Å². The first-order chi connectivity index (χ1) is 9.76. The van der Waals surface area contributed by atoms with Crippen molar-refractivity contribution in [3.8, 4) is 0 Å². The summed E-state index contributed by atoms with van der Waals surface area (Å²) in [6.07, 6.45) is 5.88. The van der Waals surface area contributed by atoms with Gasteiger partial charge in [-0.1, -0.05) is 19.9 Å². The summed E-state index contributed by atoms with van der Waals surface area (Å²) in [6.45, 7) is 6.07. The second kappa shape index (κ2) is 7.05. The molecule has 2 N–H and O–H groups in total. The third-order valence-corrected chi connectivity index (χ3v) is 3.17. The highest BCUT2D eigenvalue weighted by Crippen LogP contribution is 2.18. The second-order valence-electron chi connectivity index (χ2n) is 4.84. The van der Waals surface area contributed by atoms with Crippen LogP contribution >= 0.6 is 0 Å². The molecule has 0 fully saturated rings. The van der Waals surface area contributed by atoms with Gasteiger partial charge in [0.05, 0.1) is 0 Å². The van der Waals surface area contributed by atoms with Crippen molar-refractivity contribution in [1.82, 2.24) is 19.9 Å². The number of nitrogens with one attached hydrogen (secondary N) is 2. The van der Waals surface area contributed by atoms with Crippen molar-refractivity contribution in [1.29, 1.82) is 0 Å². The van der Waals surface area contributed by atoms with Gasteiger partial charge in [0.2, 0.25) is 5.56 Å². The van der Waals surface area contributed by atoms with Crippen molar-refractivity contribution in [2.75, 3.05) is 6.54 Å². The van der Waals surface area contributed by atoms with Crippen molar-refractivity contribution >= 4 is 0 Å². The Kier molecular flexibility index (Phi) is 5.12. The molecule has 0 radical (unpaired) electrons. The van der Waals surface area contributed by atoms with Crippen LogP contribution in [0.4, 0.5) is 0 Å². The van der Waals surface area contributed by atoms with Crippen molar-refractivity contribution in [3.05, 3.63) is 52.5 Å². The van der Waals surface area contributed by atoms with Crippen molar-refractivity contribution in [2.45, 2.75) is 39.3 Å². The van der Waals surface area contributed by atoms with Gasteiger partial charge in [0.1, 0.15) is 11.9 Å². The van der Waals surface area contributed by atoms with Gasteiger partial charge < -0.3 is 14.9 Å². The lowest BCUT2D eigenvalue weighted by Crippen LogP contribution is -2.28. The van der Waals surface area contributed by atoms with E-state index in [2.05, 4.69) is 33.7 Å². The molecule has 1 unspecified atom stereocenters. The van der Waals surface area contributed by atoms with E-state index in [-0.39, 0.29) is 11.6 Å². The van der Waals surface area contributed by atoms with Gasteiger partial charge in [-0.3, -0.25) is 4.79 Å². The van der Waals surface area contributed by atoms with Gasteiger partial charge >= 0.3 is 0 Å². The molecule has 0 spiro atoms. The quantitative estimate of drug-likeness (QED) is 0.812. The maximum Gasteiger partial charge on any atom is 0.248 e. The first kappa shape index (κ1) is 14.5. The molecule has 2 aromatic rings. The molecule has 20 heavy (non-hydrogen) atoms. The Hall–Kier alpha value is -1.88. The number of aromatic amines is 1. The van der Waals surface area contributed by atoms with E-state index >= 15 is 0 Å². The van der Waals surface area contributed by atoms with E-state index in [1.807, 2.05) is 18.5 Å². The van der Waals surface area contributed by atoms with Crippen LogP contribution in [-0.4, -0.2) is 21.1 Å². The fourth-order valence-corrected chi connectivity index (χ4v) is 2.27. The largest absolute Gasteiger partial charge is 0.333 e. The monoisotopic (exact) mass is 274 g/mol. The van der Waals surface area contributed by atoms with E-state index in [0.717, 1.165) is 37.4 Å². The Morgan fingerprint density at radius 2 is 2.20 bits per heavy atom. The minimum absolute atomic E-state index is 0.0783. The summed E-state index contributed by atoms with van der Waals surface area (Å²) in [7, 11) is 0. The van der Waals surface area contributed by atoms with Crippen LogP contribution in [0.3, 0.4) is 0 Å². The fraction of sp³-hybridized carbons (Fsp3) is 0.467. The summed E-state index contributed by atoms with van der Waals surface area (Å²) in [4.78, 5) is 18.9. The normalized spacial score (nSPS) is 12.5. The van der Waals surface area contributed by atoms with Gasteiger partial charge in [-0.15, -0.1) is 0 Å². The van der Waals surface area contributed by atoms with E-state index in [0.29, 0.717) is 0 Å². The molecule has 0 bridgehead atoms. The van der Waals surface area contributed by atoms with Crippen LogP contribution in [0.1, 0.15) is 44.2 Å². The zero-order valence-corrected chi connectivity index (χ0v) is 12.1. The molecule has 0 aromatic carbocycles. The molecule has 1 atom stereocenters. The molecule has 2 aromatic heterocycles. The third-order valence-electron chi connectivity index (χ3n) is 3.17. The van der Waals surface area contributed by atoms with Gasteiger partial charge in [-0.05, 0) is 25.5 Å². The molecule has 0 aliphatic rings. The van der Waals surface area contributed by atoms with Gasteiger partial charge in [-0.2, -0.15) is 0 Å². The van der Waals surface area contributed by atoms with Crippen LogP contribution in [0.5, 0.6) is 0 Å². The lowest BCUT2D eigenvalue weighted by Gasteiger charge is -2.19. The fourth-order valence-electron chi connectivity index (χ4n) is 2.27. The number of aryl methyl sites for hydroxylation is 1. The summed E-state index contributed by atoms with van der Waals surface area (Å²) in [5.41, 5.74) is 0.772. The van der Waals surface area contributed by atoms with E-state index in [1.165, 1.54) is 6.07 Å². The summed E-state index contributed by atoms with van der Waals surface area (Å²) >= 11 is 0. The average molecular weight is 274 g/mol. The SMILES string of the molecule is CCCNC(c1cccc(=O)[nH]1)c1nccn1CCC. The standard InChI is InChI=1S/C15H22N4O/c1-3-8-16-14(12-6-5-7-13(20)18-12)15-17-9-11-19(15)10-4-2/h5-7,9,11,14,16H,3-4,8,10H2,1-2H3,(H,18,20). The predicted octanol–water partition coefficient (Wildman–Crippen LogP) is 2.07. The van der Waals surface area contributed by atoms with Crippen LogP contribution in [0.25, 0.3) is 0 Å². The topological polar surface area (TPSA) is 62.7 Å². The first-order valence-electron chi connectivity index (χ1n) is 7.20. The summed E-state index contributed by atoms with van der Waals surface area (Å²) in [5, 5.41) is 3.46. The maximum absolute atomic E-state index is 11.5. The van der Waals surface area contributed by atoms with Crippen LogP contribution < -0.4 is 10.9 Å². The van der Waals surface area contributed by atoms with Gasteiger partial charge in [0.15, 0.2) is 0 Å². The summed E-state index contributed by atoms with van der Waals surface area (Å²) in [5.74, 6) is 0.946. The Morgan fingerprint density at radius 3 is 2.90 bits per heavy atom. The molecule has 2 rings (SSSR count). The Labute approximate surface area is 119 Å². The molecular formula is C15H22N4O. The number of hydrogen-bond acceptors (Lipinski definition) is 3. The number of rotatable bonds is 7. The Balaban J connectivity index is 2.36. The minimum Gasteiger partial charge on any atom is -0.333 e. The zero-order valence-electron chi connectivity index (χ0n) is 12.1. The highest BCUT2D eigenvalue weighted by atomic mass is 16.1. The molecule has 0 amide bonds. The highest BCUT2D eigenvalue weighted by Gasteiger charge is 2.19. The van der Waals surface area contributed by atoms with Crippen molar-refractivity contribution in [2.24, 2.45) is 0 Å². The van der Waals surface area contributed by atoms with Gasteiger partial charge in [-0.25, -0.2) is 4.98 Å². The van der Waals surface area contributed by atoms with Gasteiger partial charge in [0, 0.05) is 30.7 Å². The molecule has 0 aliphatic carbocycles. The smallest absolute Gasteiger partial charge is 0.248 e. The van der Waals surface area contributed by atoms with Crippen LogP contribution in [-0.2, 0) is 6.54 Å². The summed E-state index contributed by atoms with van der Waals surface area (Å²) < 4.78 is 2.14. The maximum atomic E-state index is 11.5. The second-order valence-corrected chi connectivity index (χ2v) is 4.84. The first-order valence-corrected chi connectivity index (χ1v) is 7.20. The predicted molar refractivity (Wildman–Crippen MR) is 79.7 cm³/mol. The lowest BCUT2D eigenvalue weighted by atomic mass is 10.1. The molecule has 0 aliphatic heterocycles. The number of pyridine rings is 1. The number of imidazole rings is 1. The molecule has 0 saturated carbocycles. The Morgan fingerprint density at radius 1 is 1.35 bits per heavy atom. The van der Waals surface area contributed by atoms with Crippen molar-refractivity contribution < 1.29 is 0 Å². The molecule has 5 heteroatoms. The van der Waals surface area contributed by atoms with Crippen LogP contribution in [0.2, 0.25) is 0 Å². The average Bonchev–Trinajstić information content (AvgIpc) is 2.88. The Bertz CT molecular complexity index is 587. The zero-order chi connectivity index (χ0) is 14.4. The van der Waals surface area contributed by atoms with E-state index in [1.54, 1.807) is 6.07 Å². The highest BCUT2D eigenvalue weighted by molar-refractivity contribution is 5.18. The number of H-pyrrole nitrogens is 1. The van der Waals surface area contributed by atoms with E-state index in [9.17, 15) is 4.79 Å². The number of hydrogen-bond donors (Lipinski definition) is 2.